The molecule has 0 N–H and O–H groups in total. The lowest BCUT2D eigenvalue weighted by Gasteiger charge is -2.46. The van der Waals surface area contributed by atoms with Crippen LogP contribution in [-0.4, -0.2) is 44.6 Å². The van der Waals surface area contributed by atoms with E-state index in [2.05, 4.69) is 31.9 Å². The van der Waals surface area contributed by atoms with E-state index in [-0.39, 0.29) is 0 Å². The van der Waals surface area contributed by atoms with Gasteiger partial charge in [-0.25, -0.2) is 8.42 Å². The van der Waals surface area contributed by atoms with Gasteiger partial charge >= 0.3 is 0 Å². The van der Waals surface area contributed by atoms with Crippen molar-refractivity contribution in [1.29, 1.82) is 0 Å². The van der Waals surface area contributed by atoms with Gasteiger partial charge in [-0.1, -0.05) is 31.9 Å². The molecular formula is C8H8Br2NO5S-. The van der Waals surface area contributed by atoms with E-state index in [0.29, 0.717) is 0 Å². The van der Waals surface area contributed by atoms with Crippen molar-refractivity contribution >= 4 is 53.6 Å². The molecule has 0 aromatic heterocycles. The molecular weight excluding hydrogens is 382 g/mol. The molecule has 2 rings (SSSR count). The molecule has 2 fully saturated rings. The third kappa shape index (κ3) is 1.27. The first kappa shape index (κ1) is 13.3. The third-order valence-corrected chi connectivity index (χ3v) is 8.28. The van der Waals surface area contributed by atoms with Crippen molar-refractivity contribution in [3.63, 3.8) is 0 Å². The summed E-state index contributed by atoms with van der Waals surface area (Å²) in [4.78, 5) is 23.6. The van der Waals surface area contributed by atoms with Gasteiger partial charge in [-0.15, -0.1) is 0 Å². The molecule has 0 aromatic rings. The van der Waals surface area contributed by atoms with E-state index >= 15 is 0 Å². The number of amides is 1. The normalized spacial score (nSPS) is 36.2. The summed E-state index contributed by atoms with van der Waals surface area (Å²) in [5, 5.41) is 9.83. The average molecular weight is 390 g/mol. The van der Waals surface area contributed by atoms with Gasteiger partial charge in [0.05, 0.1) is 16.8 Å². The van der Waals surface area contributed by atoms with E-state index in [1.165, 1.54) is 13.8 Å². The highest BCUT2D eigenvalue weighted by Gasteiger charge is 2.75. The zero-order valence-corrected chi connectivity index (χ0v) is 12.8. The lowest BCUT2D eigenvalue weighted by molar-refractivity contribution is -0.312. The Morgan fingerprint density at radius 2 is 1.88 bits per heavy atom. The van der Waals surface area contributed by atoms with Crippen LogP contribution < -0.4 is 5.11 Å². The Bertz CT molecular complexity index is 526. The molecule has 0 unspecified atom stereocenters. The maximum Gasteiger partial charge on any atom is 0.255 e. The van der Waals surface area contributed by atoms with Crippen molar-refractivity contribution in [2.45, 2.75) is 33.2 Å². The van der Waals surface area contributed by atoms with Crippen molar-refractivity contribution in [2.75, 3.05) is 0 Å². The molecule has 2 aliphatic heterocycles. The summed E-state index contributed by atoms with van der Waals surface area (Å²) >= 11 is 5.95. The van der Waals surface area contributed by atoms with Crippen molar-refractivity contribution in [3.8, 4) is 0 Å². The molecule has 9 heteroatoms. The fraction of sp³-hybridized carbons (Fsp3) is 0.750. The highest BCUT2D eigenvalue weighted by Crippen LogP contribution is 2.56. The van der Waals surface area contributed by atoms with E-state index in [1.54, 1.807) is 0 Å². The molecule has 0 spiro atoms. The van der Waals surface area contributed by atoms with Crippen LogP contribution >= 0.6 is 31.9 Å². The van der Waals surface area contributed by atoms with Gasteiger partial charge in [0.1, 0.15) is 0 Å². The highest BCUT2D eigenvalue weighted by molar-refractivity contribution is 9.26. The molecule has 6 nitrogen and oxygen atoms in total. The minimum Gasteiger partial charge on any atom is -0.548 e. The third-order valence-electron chi connectivity index (χ3n) is 3.27. The van der Waals surface area contributed by atoms with Crippen molar-refractivity contribution in [2.24, 2.45) is 0 Å². The number of β-lactam (4-membered cyclic amide) rings is 1. The maximum atomic E-state index is 12.2. The number of carbonyl (C=O) groups is 2. The average Bonchev–Trinajstić information content (AvgIpc) is 2.29. The number of aliphatic carboxylic acids is 1. The van der Waals surface area contributed by atoms with E-state index in [0.717, 1.165) is 4.90 Å². The number of rotatable bonds is 1. The maximum absolute atomic E-state index is 12.2. The number of fused-ring (bicyclic) bond motifs is 1. The van der Waals surface area contributed by atoms with Gasteiger partial charge in [0.25, 0.3) is 5.91 Å². The van der Waals surface area contributed by atoms with Gasteiger partial charge in [-0.2, -0.15) is 0 Å². The fourth-order valence-corrected chi connectivity index (χ4v) is 6.70. The van der Waals surface area contributed by atoms with Crippen LogP contribution in [0.2, 0.25) is 0 Å². The summed E-state index contributed by atoms with van der Waals surface area (Å²) in [6, 6.07) is -1.46. The first-order valence-electron chi connectivity index (χ1n) is 4.62. The molecule has 0 aliphatic carbocycles. The number of hydrogen-bond acceptors (Lipinski definition) is 5. The summed E-state index contributed by atoms with van der Waals surface area (Å²) in [5.41, 5.74) is 0. The van der Waals surface area contributed by atoms with Gasteiger partial charge in [0.2, 0.25) is 0 Å². The van der Waals surface area contributed by atoms with Crippen LogP contribution in [0.4, 0.5) is 0 Å². The molecule has 0 radical (unpaired) electrons. The van der Waals surface area contributed by atoms with Crippen LogP contribution in [0.3, 0.4) is 0 Å². The van der Waals surface area contributed by atoms with Gasteiger partial charge in [0, 0.05) is 0 Å². The Labute approximate surface area is 115 Å². The lowest BCUT2D eigenvalue weighted by atomic mass is 9.98. The summed E-state index contributed by atoms with van der Waals surface area (Å²) in [7, 11) is -3.81. The van der Waals surface area contributed by atoms with Crippen LogP contribution in [0.15, 0.2) is 0 Å². The van der Waals surface area contributed by atoms with Gasteiger partial charge in [0.15, 0.2) is 18.4 Å². The minimum atomic E-state index is -3.81. The Kier molecular flexibility index (Phi) is 2.53. The summed E-state index contributed by atoms with van der Waals surface area (Å²) in [6.45, 7) is 2.56. The summed E-state index contributed by atoms with van der Waals surface area (Å²) in [5.74, 6) is -2.18. The molecule has 0 aromatic carbocycles. The van der Waals surface area contributed by atoms with Crippen LogP contribution in [0.5, 0.6) is 0 Å². The van der Waals surface area contributed by atoms with E-state index < -0.39 is 41.1 Å². The topological polar surface area (TPSA) is 94.6 Å². The van der Waals surface area contributed by atoms with E-state index in [9.17, 15) is 23.1 Å². The number of carbonyl (C=O) groups excluding carboxylic acids is 2. The highest BCUT2D eigenvalue weighted by atomic mass is 79.9. The Morgan fingerprint density at radius 1 is 1.41 bits per heavy atom. The number of alkyl halides is 2. The molecule has 2 atom stereocenters. The number of halogens is 2. The molecule has 2 aliphatic rings. The SMILES string of the molecule is CC1(C)[C@H](C(=O)[O-])N2C(=O)C(Br)(Br)[C@H]2S1(=O)=O. The predicted molar refractivity (Wildman–Crippen MR) is 63.0 cm³/mol. The van der Waals surface area contributed by atoms with Gasteiger partial charge in [-0.3, -0.25) is 4.79 Å². The molecule has 0 bridgehead atoms. The molecule has 1 amide bonds. The van der Waals surface area contributed by atoms with Crippen LogP contribution in [-0.2, 0) is 19.4 Å². The lowest BCUT2D eigenvalue weighted by Crippen LogP contribution is -2.70. The van der Waals surface area contributed by atoms with E-state index in [4.69, 9.17) is 0 Å². The Hall–Kier alpha value is -0.150. The zero-order chi connectivity index (χ0) is 13.4. The van der Waals surface area contributed by atoms with Gasteiger partial charge < -0.3 is 14.8 Å². The number of nitrogens with zero attached hydrogens (tertiary/aromatic N) is 1. The van der Waals surface area contributed by atoms with Crippen LogP contribution in [0.1, 0.15) is 13.8 Å². The second kappa shape index (κ2) is 3.24. The zero-order valence-electron chi connectivity index (χ0n) is 8.81. The second-order valence-electron chi connectivity index (χ2n) is 4.56. The Balaban J connectivity index is 2.65. The second-order valence-corrected chi connectivity index (χ2v) is 10.7. The summed E-state index contributed by atoms with van der Waals surface area (Å²) < 4.78 is 21.4. The molecule has 2 saturated heterocycles. The first-order valence-corrected chi connectivity index (χ1v) is 7.75. The monoisotopic (exact) mass is 388 g/mol. The van der Waals surface area contributed by atoms with Crippen molar-refractivity contribution in [3.05, 3.63) is 0 Å². The van der Waals surface area contributed by atoms with Crippen LogP contribution in [0.25, 0.3) is 0 Å². The quantitative estimate of drug-likeness (QED) is 0.422. The number of carboxylic acid groups (broad SMARTS) is 1. The van der Waals surface area contributed by atoms with Crippen LogP contribution in [0, 0.1) is 0 Å². The first-order chi connectivity index (χ1) is 7.47. The Morgan fingerprint density at radius 3 is 2.29 bits per heavy atom. The van der Waals surface area contributed by atoms with Gasteiger partial charge in [-0.05, 0) is 13.8 Å². The van der Waals surface area contributed by atoms with Crippen molar-refractivity contribution in [1.82, 2.24) is 4.90 Å². The summed E-state index contributed by atoms with van der Waals surface area (Å²) in [6.07, 6.45) is 0. The number of sulfone groups is 1. The fourth-order valence-electron chi connectivity index (χ4n) is 2.27. The largest absolute Gasteiger partial charge is 0.548 e. The smallest absolute Gasteiger partial charge is 0.255 e. The van der Waals surface area contributed by atoms with E-state index in [1.807, 2.05) is 0 Å². The molecule has 0 saturated carbocycles. The molecule has 17 heavy (non-hydrogen) atoms. The molecule has 2 heterocycles. The predicted octanol–water partition coefficient (Wildman–Crippen LogP) is -1.03. The van der Waals surface area contributed by atoms with Crippen molar-refractivity contribution < 1.29 is 23.1 Å². The molecule has 96 valence electrons. The number of carboxylic acids is 1. The minimum absolute atomic E-state index is 0.620. The number of hydrogen-bond donors (Lipinski definition) is 0. The standard InChI is InChI=1S/C8H9Br2NO5S/c1-7(2)3(4(12)13)11-5(14)8(9,10)6(11)17(7,15)16/h3,6H,1-2H3,(H,12,13)/p-1/t3-,6+/m0/s1.